The van der Waals surface area contributed by atoms with E-state index >= 15 is 0 Å². The number of nitrogens with zero attached hydrogens (tertiary/aromatic N) is 4. The van der Waals surface area contributed by atoms with E-state index in [0.717, 1.165) is 0 Å². The summed E-state index contributed by atoms with van der Waals surface area (Å²) in [5.74, 6) is -0.609. The first-order valence-corrected chi connectivity index (χ1v) is 7.80. The first kappa shape index (κ1) is 17.4. The monoisotopic (exact) mass is 353 g/mol. The Morgan fingerprint density at radius 2 is 2.12 bits per heavy atom. The van der Waals surface area contributed by atoms with E-state index in [1.807, 2.05) is 0 Å². The maximum atomic E-state index is 13.2. The summed E-state index contributed by atoms with van der Waals surface area (Å²) in [6, 6.07) is 6.51. The molecule has 7 nitrogen and oxygen atoms in total. The van der Waals surface area contributed by atoms with Gasteiger partial charge in [-0.15, -0.1) is 0 Å². The molecule has 3 aromatic rings. The van der Waals surface area contributed by atoms with Crippen LogP contribution in [-0.4, -0.2) is 26.3 Å². The molecule has 0 bridgehead atoms. The van der Waals surface area contributed by atoms with Crippen molar-refractivity contribution in [2.75, 3.05) is 5.32 Å². The lowest BCUT2D eigenvalue weighted by molar-refractivity contribution is 0.0636. The van der Waals surface area contributed by atoms with Gasteiger partial charge >= 0.3 is 6.09 Å². The molecule has 0 fully saturated rings. The molecule has 0 saturated heterocycles. The highest BCUT2D eigenvalue weighted by Crippen LogP contribution is 2.29. The average molecular weight is 353 g/mol. The predicted octanol–water partition coefficient (Wildman–Crippen LogP) is 3.75. The molecule has 0 aliphatic carbocycles. The summed E-state index contributed by atoms with van der Waals surface area (Å²) in [6.07, 6.45) is 3.73. The number of halogens is 1. The van der Waals surface area contributed by atoms with Gasteiger partial charge in [0.25, 0.3) is 0 Å². The summed E-state index contributed by atoms with van der Waals surface area (Å²) in [5, 5.41) is 16.1. The van der Waals surface area contributed by atoms with Crippen molar-refractivity contribution in [1.29, 1.82) is 5.26 Å². The van der Waals surface area contributed by atoms with Crippen molar-refractivity contribution in [2.45, 2.75) is 26.4 Å². The largest absolute Gasteiger partial charge is 0.444 e. The maximum Gasteiger partial charge on any atom is 0.412 e. The summed E-state index contributed by atoms with van der Waals surface area (Å²) < 4.78 is 19.9. The van der Waals surface area contributed by atoms with Crippen LogP contribution in [0.1, 0.15) is 26.3 Å². The third kappa shape index (κ3) is 3.62. The molecule has 3 aromatic heterocycles. The topological polar surface area (TPSA) is 92.3 Å². The summed E-state index contributed by atoms with van der Waals surface area (Å²) >= 11 is 0. The van der Waals surface area contributed by atoms with E-state index in [1.54, 1.807) is 39.1 Å². The number of nitrogens with one attached hydrogen (secondary N) is 1. The number of rotatable bonds is 2. The fraction of sp³-hybridized carbons (Fsp3) is 0.222. The van der Waals surface area contributed by atoms with E-state index in [4.69, 9.17) is 4.74 Å². The molecule has 3 heterocycles. The van der Waals surface area contributed by atoms with Gasteiger partial charge in [0.15, 0.2) is 0 Å². The molecule has 0 aliphatic rings. The van der Waals surface area contributed by atoms with Gasteiger partial charge in [0.2, 0.25) is 5.95 Å². The van der Waals surface area contributed by atoms with Crippen LogP contribution in [0.5, 0.6) is 0 Å². The minimum atomic E-state index is -0.641. The van der Waals surface area contributed by atoms with Crippen LogP contribution in [0.2, 0.25) is 0 Å². The molecule has 0 saturated carbocycles. The molecule has 0 aliphatic heterocycles. The van der Waals surface area contributed by atoms with Crippen LogP contribution in [0.25, 0.3) is 16.6 Å². The number of anilines is 1. The quantitative estimate of drug-likeness (QED) is 0.708. The van der Waals surface area contributed by atoms with Crippen LogP contribution in [0.15, 0.2) is 36.8 Å². The lowest BCUT2D eigenvalue weighted by atomic mass is 10.1. The van der Waals surface area contributed by atoms with E-state index < -0.39 is 17.6 Å². The number of carbonyl (C=O) groups is 1. The number of carbonyl (C=O) groups excluding carboxylic acids is 1. The minimum Gasteiger partial charge on any atom is -0.444 e. The first-order valence-electron chi connectivity index (χ1n) is 7.80. The number of ether oxygens (including phenoxy) is 1. The summed E-state index contributed by atoms with van der Waals surface area (Å²) in [7, 11) is 0. The Balaban J connectivity index is 2.09. The molecule has 0 unspecified atom stereocenters. The molecule has 1 N–H and O–H groups in total. The zero-order valence-corrected chi connectivity index (χ0v) is 14.4. The van der Waals surface area contributed by atoms with Crippen LogP contribution in [0.3, 0.4) is 0 Å². The molecule has 0 radical (unpaired) electrons. The number of aromatic nitrogens is 3. The Morgan fingerprint density at radius 3 is 2.73 bits per heavy atom. The molecular weight excluding hydrogens is 337 g/mol. The lowest BCUT2D eigenvalue weighted by Crippen LogP contribution is -2.27. The van der Waals surface area contributed by atoms with E-state index in [1.165, 1.54) is 23.0 Å². The van der Waals surface area contributed by atoms with Gasteiger partial charge in [-0.25, -0.2) is 14.3 Å². The van der Waals surface area contributed by atoms with Crippen molar-refractivity contribution in [1.82, 2.24) is 14.6 Å². The Bertz CT molecular complexity index is 1010. The van der Waals surface area contributed by atoms with Gasteiger partial charge in [0.1, 0.15) is 11.7 Å². The third-order valence-electron chi connectivity index (χ3n) is 3.42. The second-order valence-electron chi connectivity index (χ2n) is 6.60. The number of nitriles is 1. The normalized spacial score (nSPS) is 11.2. The SMILES string of the molecule is CC(C)(C)OC(=O)Nc1cc(-c2ccc(F)nc2)c2c(C#N)cnn2c1. The molecule has 0 spiro atoms. The van der Waals surface area contributed by atoms with E-state index in [2.05, 4.69) is 21.5 Å². The van der Waals surface area contributed by atoms with Gasteiger partial charge < -0.3 is 4.74 Å². The predicted molar refractivity (Wildman–Crippen MR) is 93.0 cm³/mol. The van der Waals surface area contributed by atoms with Gasteiger partial charge in [0.05, 0.1) is 29.2 Å². The standard InChI is InChI=1S/C18H16FN5O2/c1-18(2,3)26-17(25)23-13-6-14(11-4-5-15(19)21-8-11)16-12(7-20)9-22-24(16)10-13/h4-6,8-10H,1-3H3,(H,23,25). The smallest absolute Gasteiger partial charge is 0.412 e. The summed E-state index contributed by atoms with van der Waals surface area (Å²) in [5.41, 5.74) is 1.83. The van der Waals surface area contributed by atoms with Crippen molar-refractivity contribution >= 4 is 17.3 Å². The fourth-order valence-corrected chi connectivity index (χ4v) is 2.45. The molecule has 8 heteroatoms. The molecule has 0 aromatic carbocycles. The molecule has 1 amide bonds. The van der Waals surface area contributed by atoms with Gasteiger partial charge in [-0.2, -0.15) is 14.8 Å². The summed E-state index contributed by atoms with van der Waals surface area (Å²) in [4.78, 5) is 15.7. The Morgan fingerprint density at radius 1 is 1.35 bits per heavy atom. The molecule has 0 atom stereocenters. The van der Waals surface area contributed by atoms with Crippen molar-refractivity contribution in [3.8, 4) is 17.2 Å². The second kappa shape index (κ2) is 6.44. The van der Waals surface area contributed by atoms with Crippen molar-refractivity contribution in [3.05, 3.63) is 48.3 Å². The third-order valence-corrected chi connectivity index (χ3v) is 3.42. The highest BCUT2D eigenvalue weighted by atomic mass is 19.1. The first-order chi connectivity index (χ1) is 12.3. The number of amides is 1. The van der Waals surface area contributed by atoms with Gasteiger partial charge in [-0.3, -0.25) is 5.32 Å². The molecule has 3 rings (SSSR count). The van der Waals surface area contributed by atoms with Crippen LogP contribution in [-0.2, 0) is 4.74 Å². The van der Waals surface area contributed by atoms with Gasteiger partial charge in [-0.1, -0.05) is 0 Å². The highest BCUT2D eigenvalue weighted by Gasteiger charge is 2.18. The zero-order valence-electron chi connectivity index (χ0n) is 14.4. The number of hydrogen-bond acceptors (Lipinski definition) is 5. The minimum absolute atomic E-state index is 0.355. The van der Waals surface area contributed by atoms with Crippen LogP contribution in [0, 0.1) is 17.3 Å². The Kier molecular flexibility index (Phi) is 4.30. The zero-order chi connectivity index (χ0) is 18.9. The molecule has 132 valence electrons. The molecule has 26 heavy (non-hydrogen) atoms. The van der Waals surface area contributed by atoms with Gasteiger partial charge in [-0.05, 0) is 39.0 Å². The Labute approximate surface area is 149 Å². The van der Waals surface area contributed by atoms with E-state index in [9.17, 15) is 14.4 Å². The number of pyridine rings is 2. The van der Waals surface area contributed by atoms with Gasteiger partial charge in [0, 0.05) is 17.3 Å². The Hall–Kier alpha value is -3.47. The summed E-state index contributed by atoms with van der Waals surface area (Å²) in [6.45, 7) is 5.29. The van der Waals surface area contributed by atoms with Crippen LogP contribution >= 0.6 is 0 Å². The fourth-order valence-electron chi connectivity index (χ4n) is 2.45. The molecular formula is C18H16FN5O2. The number of fused-ring (bicyclic) bond motifs is 1. The highest BCUT2D eigenvalue weighted by molar-refractivity contribution is 5.90. The maximum absolute atomic E-state index is 13.2. The van der Waals surface area contributed by atoms with E-state index in [0.29, 0.717) is 27.9 Å². The van der Waals surface area contributed by atoms with E-state index in [-0.39, 0.29) is 0 Å². The lowest BCUT2D eigenvalue weighted by Gasteiger charge is -2.20. The van der Waals surface area contributed by atoms with Crippen LogP contribution in [0.4, 0.5) is 14.9 Å². The second-order valence-corrected chi connectivity index (χ2v) is 6.60. The van der Waals surface area contributed by atoms with Crippen molar-refractivity contribution in [2.24, 2.45) is 0 Å². The number of hydrogen-bond donors (Lipinski definition) is 1. The van der Waals surface area contributed by atoms with Crippen molar-refractivity contribution in [3.63, 3.8) is 0 Å². The van der Waals surface area contributed by atoms with Crippen molar-refractivity contribution < 1.29 is 13.9 Å². The van der Waals surface area contributed by atoms with Crippen LogP contribution < -0.4 is 5.32 Å². The average Bonchev–Trinajstić information content (AvgIpc) is 2.96.